The van der Waals surface area contributed by atoms with Crippen LogP contribution in [0, 0.1) is 0 Å². The predicted molar refractivity (Wildman–Crippen MR) is 105 cm³/mol. The van der Waals surface area contributed by atoms with Crippen molar-refractivity contribution in [3.8, 4) is 5.75 Å². The molecule has 3 rings (SSSR count). The van der Waals surface area contributed by atoms with Crippen molar-refractivity contribution < 1.29 is 22.7 Å². The maximum Gasteiger partial charge on any atom is 0.244 e. The van der Waals surface area contributed by atoms with Gasteiger partial charge in [-0.25, -0.2) is 13.1 Å². The predicted octanol–water partition coefficient (Wildman–Crippen LogP) is 2.87. The summed E-state index contributed by atoms with van der Waals surface area (Å²) in [7, 11) is -2.65. The molecule has 2 aromatic rings. The van der Waals surface area contributed by atoms with Crippen LogP contribution >= 0.6 is 11.6 Å². The van der Waals surface area contributed by atoms with Gasteiger partial charge < -0.3 is 4.74 Å². The minimum atomic E-state index is -4.00. The van der Waals surface area contributed by atoms with Gasteiger partial charge in [-0.1, -0.05) is 29.8 Å². The van der Waals surface area contributed by atoms with Gasteiger partial charge in [-0.2, -0.15) is 0 Å². The number of hydrogen-bond acceptors (Lipinski definition) is 5. The zero-order chi connectivity index (χ0) is 20.3. The first-order valence-corrected chi connectivity index (χ1v) is 10.5. The third kappa shape index (κ3) is 4.19. The molecule has 1 aliphatic rings. The van der Waals surface area contributed by atoms with E-state index < -0.39 is 10.0 Å². The number of ether oxygens (including phenoxy) is 1. The van der Waals surface area contributed by atoms with Gasteiger partial charge in [-0.05, 0) is 36.2 Å². The van der Waals surface area contributed by atoms with Crippen molar-refractivity contribution >= 4 is 39.1 Å². The van der Waals surface area contributed by atoms with E-state index in [0.717, 1.165) is 4.90 Å². The second-order valence-corrected chi connectivity index (χ2v) is 8.37. The van der Waals surface area contributed by atoms with Crippen LogP contribution in [-0.2, 0) is 26.2 Å². The van der Waals surface area contributed by atoms with E-state index in [2.05, 4.69) is 4.72 Å². The minimum Gasteiger partial charge on any atom is -0.495 e. The molecule has 0 radical (unpaired) electrons. The summed E-state index contributed by atoms with van der Waals surface area (Å²) in [6, 6.07) is 11.1. The van der Waals surface area contributed by atoms with Crippen LogP contribution in [0.25, 0.3) is 0 Å². The first-order valence-electron chi connectivity index (χ1n) is 8.60. The first-order chi connectivity index (χ1) is 13.3. The molecular weight excluding hydrogens is 404 g/mol. The Kier molecular flexibility index (Phi) is 6.02. The Morgan fingerprint density at radius 1 is 1.11 bits per heavy atom. The van der Waals surface area contributed by atoms with Crippen LogP contribution in [0.1, 0.15) is 24.8 Å². The number of nitrogens with one attached hydrogen (secondary N) is 1. The Bertz CT molecular complexity index is 1010. The molecule has 1 saturated heterocycles. The molecule has 0 saturated carbocycles. The number of methoxy groups -OCH3 is 1. The van der Waals surface area contributed by atoms with Crippen LogP contribution in [0.15, 0.2) is 47.4 Å². The fourth-order valence-corrected chi connectivity index (χ4v) is 4.34. The second-order valence-electron chi connectivity index (χ2n) is 6.23. The zero-order valence-electron chi connectivity index (χ0n) is 15.1. The van der Waals surface area contributed by atoms with Crippen molar-refractivity contribution in [3.05, 3.63) is 53.1 Å². The summed E-state index contributed by atoms with van der Waals surface area (Å²) in [5, 5.41) is 0.440. The van der Waals surface area contributed by atoms with Gasteiger partial charge in [0.05, 0.1) is 12.8 Å². The highest BCUT2D eigenvalue weighted by molar-refractivity contribution is 7.89. The smallest absolute Gasteiger partial charge is 0.244 e. The van der Waals surface area contributed by atoms with Crippen molar-refractivity contribution in [2.24, 2.45) is 0 Å². The largest absolute Gasteiger partial charge is 0.495 e. The number of carbonyl (C=O) groups is 2. The summed E-state index contributed by atoms with van der Waals surface area (Å²) in [6.07, 6.45) is 0.976. The molecule has 0 unspecified atom stereocenters. The van der Waals surface area contributed by atoms with Gasteiger partial charge in [0.1, 0.15) is 10.6 Å². The highest BCUT2D eigenvalue weighted by Crippen LogP contribution is 2.31. The number of piperidine rings is 1. The highest BCUT2D eigenvalue weighted by atomic mass is 35.5. The molecule has 28 heavy (non-hydrogen) atoms. The lowest BCUT2D eigenvalue weighted by atomic mass is 10.1. The van der Waals surface area contributed by atoms with Crippen molar-refractivity contribution in [2.45, 2.75) is 30.7 Å². The quantitative estimate of drug-likeness (QED) is 0.722. The molecule has 7 nitrogen and oxygen atoms in total. The molecule has 9 heteroatoms. The number of carbonyl (C=O) groups excluding carboxylic acids is 2. The van der Waals surface area contributed by atoms with E-state index in [1.165, 1.54) is 25.3 Å². The molecule has 1 heterocycles. The standard InChI is InChI=1S/C19H19ClN2O5S/c1-27-16-10-9-14(22-18(23)7-4-8-19(22)24)11-17(16)28(25,26)21-12-13-5-2-3-6-15(13)20/h2-3,5-6,9-11,21H,4,7-8,12H2,1H3. The number of rotatable bonds is 6. The molecule has 2 amide bonds. The molecule has 1 fully saturated rings. The van der Waals surface area contributed by atoms with E-state index >= 15 is 0 Å². The third-order valence-corrected chi connectivity index (χ3v) is 6.18. The fourth-order valence-electron chi connectivity index (χ4n) is 2.95. The van der Waals surface area contributed by atoms with Crippen molar-refractivity contribution in [2.75, 3.05) is 12.0 Å². The second kappa shape index (κ2) is 8.30. The molecule has 0 spiro atoms. The summed E-state index contributed by atoms with van der Waals surface area (Å²) in [4.78, 5) is 25.2. The molecule has 148 valence electrons. The number of imide groups is 1. The number of nitrogens with zero attached hydrogens (tertiary/aromatic N) is 1. The summed E-state index contributed by atoms with van der Waals surface area (Å²) in [6.45, 7) is -0.0169. The minimum absolute atomic E-state index is 0.0169. The Morgan fingerprint density at radius 2 is 1.79 bits per heavy atom. The lowest BCUT2D eigenvalue weighted by Crippen LogP contribution is -2.40. The Labute approximate surface area is 168 Å². The van der Waals surface area contributed by atoms with Crippen LogP contribution in [0.3, 0.4) is 0 Å². The van der Waals surface area contributed by atoms with Crippen LogP contribution in [0.2, 0.25) is 5.02 Å². The topological polar surface area (TPSA) is 92.8 Å². The third-order valence-electron chi connectivity index (χ3n) is 4.39. The number of benzene rings is 2. The van der Waals surface area contributed by atoms with Crippen molar-refractivity contribution in [1.82, 2.24) is 4.72 Å². The Hall–Kier alpha value is -2.42. The van der Waals surface area contributed by atoms with Crippen molar-refractivity contribution in [3.63, 3.8) is 0 Å². The molecular formula is C19H19ClN2O5S. The Balaban J connectivity index is 1.94. The van der Waals surface area contributed by atoms with E-state index in [-0.39, 0.29) is 47.5 Å². The van der Waals surface area contributed by atoms with Gasteiger partial charge in [0.15, 0.2) is 0 Å². The molecule has 0 atom stereocenters. The highest BCUT2D eigenvalue weighted by Gasteiger charge is 2.29. The normalized spacial score (nSPS) is 15.0. The summed E-state index contributed by atoms with van der Waals surface area (Å²) in [5.41, 5.74) is 0.817. The number of hydrogen-bond donors (Lipinski definition) is 1. The van der Waals surface area contributed by atoms with Crippen LogP contribution < -0.4 is 14.4 Å². The Morgan fingerprint density at radius 3 is 2.43 bits per heavy atom. The van der Waals surface area contributed by atoms with Crippen LogP contribution in [-0.4, -0.2) is 27.3 Å². The molecule has 1 N–H and O–H groups in total. The molecule has 0 bridgehead atoms. The summed E-state index contributed by atoms with van der Waals surface area (Å²) in [5.74, 6) is -0.602. The summed E-state index contributed by atoms with van der Waals surface area (Å²) < 4.78 is 33.4. The number of sulfonamides is 1. The van der Waals surface area contributed by atoms with E-state index in [1.54, 1.807) is 24.3 Å². The summed E-state index contributed by atoms with van der Waals surface area (Å²) >= 11 is 6.08. The van der Waals surface area contributed by atoms with E-state index in [4.69, 9.17) is 16.3 Å². The number of amides is 2. The van der Waals surface area contributed by atoms with Gasteiger partial charge in [-0.3, -0.25) is 14.5 Å². The van der Waals surface area contributed by atoms with Crippen molar-refractivity contribution in [1.29, 1.82) is 0 Å². The van der Waals surface area contributed by atoms with E-state index in [9.17, 15) is 18.0 Å². The molecule has 0 aliphatic carbocycles. The van der Waals surface area contributed by atoms with Crippen LogP contribution in [0.4, 0.5) is 5.69 Å². The van der Waals surface area contributed by atoms with Gasteiger partial charge in [0.25, 0.3) is 0 Å². The lowest BCUT2D eigenvalue weighted by molar-refractivity contribution is -0.129. The maximum atomic E-state index is 12.9. The zero-order valence-corrected chi connectivity index (χ0v) is 16.7. The van der Waals surface area contributed by atoms with E-state index in [1.807, 2.05) is 0 Å². The first kappa shape index (κ1) is 20.3. The lowest BCUT2D eigenvalue weighted by Gasteiger charge is -2.25. The SMILES string of the molecule is COc1ccc(N2C(=O)CCCC2=O)cc1S(=O)(=O)NCc1ccccc1Cl. The number of halogens is 1. The van der Waals surface area contributed by atoms with Gasteiger partial charge in [0, 0.05) is 24.4 Å². The van der Waals surface area contributed by atoms with Gasteiger partial charge >= 0.3 is 0 Å². The number of anilines is 1. The average Bonchev–Trinajstić information content (AvgIpc) is 2.67. The van der Waals surface area contributed by atoms with Crippen LogP contribution in [0.5, 0.6) is 5.75 Å². The van der Waals surface area contributed by atoms with E-state index in [0.29, 0.717) is 17.0 Å². The monoisotopic (exact) mass is 422 g/mol. The fraction of sp³-hybridized carbons (Fsp3) is 0.263. The van der Waals surface area contributed by atoms with Gasteiger partial charge in [0.2, 0.25) is 21.8 Å². The van der Waals surface area contributed by atoms with Gasteiger partial charge in [-0.15, -0.1) is 0 Å². The molecule has 0 aromatic heterocycles. The molecule has 1 aliphatic heterocycles. The average molecular weight is 423 g/mol. The molecule has 2 aromatic carbocycles. The maximum absolute atomic E-state index is 12.9.